The summed E-state index contributed by atoms with van der Waals surface area (Å²) in [6.45, 7) is 6.10. The number of nitrogens with zero attached hydrogens (tertiary/aromatic N) is 2. The summed E-state index contributed by atoms with van der Waals surface area (Å²) in [5.74, 6) is -0.179. The summed E-state index contributed by atoms with van der Waals surface area (Å²) in [7, 11) is 1.58. The molecule has 0 atom stereocenters. The Balaban J connectivity index is 1.83. The van der Waals surface area contributed by atoms with E-state index in [9.17, 15) is 9.59 Å². The zero-order chi connectivity index (χ0) is 18.9. The summed E-state index contributed by atoms with van der Waals surface area (Å²) in [5.41, 5.74) is 3.15. The maximum Gasteiger partial charge on any atom is 0.319 e. The van der Waals surface area contributed by atoms with Gasteiger partial charge in [0.2, 0.25) is 0 Å². The zero-order valence-electron chi connectivity index (χ0n) is 15.3. The number of carbonyl (C=O) groups is 2. The minimum absolute atomic E-state index is 0.179. The highest BCUT2D eigenvalue weighted by Gasteiger charge is 2.08. The number of rotatable bonds is 8. The molecule has 1 aromatic carbocycles. The predicted octanol–water partition coefficient (Wildman–Crippen LogP) is 1.91. The second-order valence-electron chi connectivity index (χ2n) is 5.70. The van der Waals surface area contributed by atoms with Gasteiger partial charge in [-0.25, -0.2) is 4.79 Å². The van der Waals surface area contributed by atoms with E-state index in [0.29, 0.717) is 30.9 Å². The molecular weight excluding hydrogens is 334 g/mol. The predicted molar refractivity (Wildman–Crippen MR) is 99.1 cm³/mol. The normalized spacial score (nSPS) is 10.4. The molecule has 1 heterocycles. The van der Waals surface area contributed by atoms with Crippen molar-refractivity contribution in [3.05, 3.63) is 47.3 Å². The Bertz CT molecular complexity index is 740. The topological polar surface area (TPSA) is 97.3 Å². The monoisotopic (exact) mass is 359 g/mol. The van der Waals surface area contributed by atoms with Gasteiger partial charge in [-0.1, -0.05) is 0 Å². The van der Waals surface area contributed by atoms with Gasteiger partial charge in [0, 0.05) is 49.3 Å². The number of anilines is 1. The van der Waals surface area contributed by atoms with Crippen LogP contribution in [0.3, 0.4) is 0 Å². The van der Waals surface area contributed by atoms with Crippen LogP contribution in [-0.4, -0.2) is 42.0 Å². The van der Waals surface area contributed by atoms with Crippen molar-refractivity contribution in [1.29, 1.82) is 0 Å². The second-order valence-corrected chi connectivity index (χ2v) is 5.70. The number of amides is 3. The first-order chi connectivity index (χ1) is 12.5. The minimum Gasteiger partial charge on any atom is -0.383 e. The minimum atomic E-state index is -0.314. The molecule has 0 aliphatic carbocycles. The van der Waals surface area contributed by atoms with Crippen LogP contribution in [-0.2, 0) is 17.8 Å². The number of benzene rings is 1. The quantitative estimate of drug-likeness (QED) is 0.627. The van der Waals surface area contributed by atoms with Gasteiger partial charge < -0.3 is 20.7 Å². The van der Waals surface area contributed by atoms with Gasteiger partial charge in [0.15, 0.2) is 0 Å². The van der Waals surface area contributed by atoms with E-state index in [1.807, 2.05) is 18.5 Å². The van der Waals surface area contributed by atoms with Gasteiger partial charge in [-0.05, 0) is 38.1 Å². The molecule has 3 amide bonds. The van der Waals surface area contributed by atoms with E-state index in [2.05, 4.69) is 21.0 Å². The third-order valence-electron chi connectivity index (χ3n) is 3.94. The number of urea groups is 1. The summed E-state index contributed by atoms with van der Waals surface area (Å²) in [6, 6.07) is 6.38. The fourth-order valence-corrected chi connectivity index (χ4v) is 2.40. The third-order valence-corrected chi connectivity index (χ3v) is 3.94. The van der Waals surface area contributed by atoms with Gasteiger partial charge in [0.05, 0.1) is 12.8 Å². The summed E-state index contributed by atoms with van der Waals surface area (Å²) in [6.07, 6.45) is 1.76. The molecule has 8 nitrogen and oxygen atoms in total. The molecule has 0 saturated heterocycles. The van der Waals surface area contributed by atoms with Crippen molar-refractivity contribution in [2.45, 2.75) is 26.9 Å². The molecule has 0 saturated carbocycles. The van der Waals surface area contributed by atoms with Crippen LogP contribution in [0.4, 0.5) is 10.5 Å². The van der Waals surface area contributed by atoms with Crippen molar-refractivity contribution in [3.63, 3.8) is 0 Å². The van der Waals surface area contributed by atoms with E-state index >= 15 is 0 Å². The Morgan fingerprint density at radius 2 is 1.92 bits per heavy atom. The Kier molecular flexibility index (Phi) is 7.16. The highest BCUT2D eigenvalue weighted by molar-refractivity contribution is 5.95. The van der Waals surface area contributed by atoms with Gasteiger partial charge in [0.1, 0.15) is 0 Å². The summed E-state index contributed by atoms with van der Waals surface area (Å²) < 4.78 is 6.77. The molecule has 3 N–H and O–H groups in total. The molecule has 2 rings (SSSR count). The van der Waals surface area contributed by atoms with Crippen LogP contribution in [0, 0.1) is 6.92 Å². The van der Waals surface area contributed by atoms with Crippen LogP contribution in [0.25, 0.3) is 0 Å². The number of aryl methyl sites for hydroxylation is 1. The average molecular weight is 359 g/mol. The summed E-state index contributed by atoms with van der Waals surface area (Å²) >= 11 is 0. The Hall–Kier alpha value is -2.87. The van der Waals surface area contributed by atoms with Crippen LogP contribution >= 0.6 is 0 Å². The van der Waals surface area contributed by atoms with Crippen LogP contribution in [0.5, 0.6) is 0 Å². The number of carbonyl (C=O) groups excluding carboxylic acids is 2. The molecule has 26 heavy (non-hydrogen) atoms. The lowest BCUT2D eigenvalue weighted by Gasteiger charge is -2.09. The van der Waals surface area contributed by atoms with Gasteiger partial charge >= 0.3 is 6.03 Å². The van der Waals surface area contributed by atoms with Crippen molar-refractivity contribution >= 4 is 17.6 Å². The number of hydrogen-bond acceptors (Lipinski definition) is 4. The lowest BCUT2D eigenvalue weighted by molar-refractivity contribution is 0.0937. The van der Waals surface area contributed by atoms with Crippen LogP contribution < -0.4 is 16.0 Å². The van der Waals surface area contributed by atoms with E-state index in [1.165, 1.54) is 0 Å². The van der Waals surface area contributed by atoms with E-state index in [4.69, 9.17) is 4.74 Å². The first-order valence-corrected chi connectivity index (χ1v) is 8.48. The molecular formula is C18H25N5O3. The van der Waals surface area contributed by atoms with Crippen LogP contribution in [0.1, 0.15) is 28.5 Å². The number of methoxy groups -OCH3 is 1. The summed E-state index contributed by atoms with van der Waals surface area (Å²) in [5, 5.41) is 12.5. The first-order valence-electron chi connectivity index (χ1n) is 8.48. The van der Waals surface area contributed by atoms with E-state index in [-0.39, 0.29) is 11.9 Å². The maximum absolute atomic E-state index is 12.0. The SMILES string of the molecule is CCn1ncc(CNC(=O)Nc2ccc(C(=O)NCCOC)cc2)c1C. The Morgan fingerprint density at radius 1 is 1.19 bits per heavy atom. The van der Waals surface area contributed by atoms with Gasteiger partial charge in [-0.15, -0.1) is 0 Å². The average Bonchev–Trinajstić information content (AvgIpc) is 3.00. The Morgan fingerprint density at radius 3 is 2.54 bits per heavy atom. The molecule has 0 radical (unpaired) electrons. The molecule has 0 bridgehead atoms. The highest BCUT2D eigenvalue weighted by atomic mass is 16.5. The smallest absolute Gasteiger partial charge is 0.319 e. The number of ether oxygens (including phenoxy) is 1. The molecule has 0 spiro atoms. The lowest BCUT2D eigenvalue weighted by Crippen LogP contribution is -2.28. The third kappa shape index (κ3) is 5.32. The number of nitrogens with one attached hydrogen (secondary N) is 3. The van der Waals surface area contributed by atoms with Gasteiger partial charge in [-0.3, -0.25) is 9.48 Å². The molecule has 0 fully saturated rings. The fraction of sp³-hybridized carbons (Fsp3) is 0.389. The highest BCUT2D eigenvalue weighted by Crippen LogP contribution is 2.10. The molecule has 8 heteroatoms. The maximum atomic E-state index is 12.0. The van der Waals surface area contributed by atoms with Crippen molar-refractivity contribution in [3.8, 4) is 0 Å². The standard InChI is InChI=1S/C18H25N5O3/c1-4-23-13(2)15(12-21-23)11-20-18(25)22-16-7-5-14(6-8-16)17(24)19-9-10-26-3/h5-8,12H,4,9-11H2,1-3H3,(H,19,24)(H2,20,22,25). The zero-order valence-corrected chi connectivity index (χ0v) is 15.3. The van der Waals surface area contributed by atoms with Crippen molar-refractivity contribution in [1.82, 2.24) is 20.4 Å². The number of hydrogen-bond donors (Lipinski definition) is 3. The molecule has 140 valence electrons. The lowest BCUT2D eigenvalue weighted by atomic mass is 10.2. The first kappa shape index (κ1) is 19.5. The number of aromatic nitrogens is 2. The van der Waals surface area contributed by atoms with Gasteiger partial charge in [0.25, 0.3) is 5.91 Å². The van der Waals surface area contributed by atoms with Crippen molar-refractivity contribution in [2.75, 3.05) is 25.6 Å². The summed E-state index contributed by atoms with van der Waals surface area (Å²) in [4.78, 5) is 23.9. The van der Waals surface area contributed by atoms with Gasteiger partial charge in [-0.2, -0.15) is 5.10 Å². The van der Waals surface area contributed by atoms with Crippen molar-refractivity contribution in [2.24, 2.45) is 0 Å². The molecule has 2 aromatic rings. The largest absolute Gasteiger partial charge is 0.383 e. The van der Waals surface area contributed by atoms with Crippen molar-refractivity contribution < 1.29 is 14.3 Å². The molecule has 0 unspecified atom stereocenters. The van der Waals surface area contributed by atoms with E-state index in [1.54, 1.807) is 37.6 Å². The van der Waals surface area contributed by atoms with E-state index in [0.717, 1.165) is 17.8 Å². The molecule has 1 aromatic heterocycles. The van der Waals surface area contributed by atoms with Crippen LogP contribution in [0.2, 0.25) is 0 Å². The second kappa shape index (κ2) is 9.57. The molecule has 0 aliphatic rings. The van der Waals surface area contributed by atoms with E-state index < -0.39 is 0 Å². The molecule has 0 aliphatic heterocycles. The van der Waals surface area contributed by atoms with Crippen LogP contribution in [0.15, 0.2) is 30.5 Å². The fourth-order valence-electron chi connectivity index (χ4n) is 2.40. The Labute approximate surface area is 152 Å².